The van der Waals surface area contributed by atoms with E-state index in [0.29, 0.717) is 17.1 Å². The lowest BCUT2D eigenvalue weighted by molar-refractivity contribution is 0.591. The number of nitrogens with zero attached hydrogens (tertiary/aromatic N) is 3. The molecule has 0 unspecified atom stereocenters. The van der Waals surface area contributed by atoms with Gasteiger partial charge in [-0.2, -0.15) is 8.42 Å². The van der Waals surface area contributed by atoms with E-state index in [1.807, 2.05) is 0 Å². The molecule has 0 atom stereocenters. The zero-order valence-corrected chi connectivity index (χ0v) is 12.8. The number of hydrogen-bond donors (Lipinski definition) is 2. The summed E-state index contributed by atoms with van der Waals surface area (Å²) in [6.07, 6.45) is 1.48. The molecule has 0 aliphatic rings. The molecule has 0 saturated carbocycles. The zero-order chi connectivity index (χ0) is 15.8. The number of aryl methyl sites for hydroxylation is 2. The van der Waals surface area contributed by atoms with Gasteiger partial charge in [-0.1, -0.05) is 0 Å². The molecule has 1 aromatic heterocycles. The Labute approximate surface area is 123 Å². The van der Waals surface area contributed by atoms with E-state index in [9.17, 15) is 8.42 Å². The highest BCUT2D eigenvalue weighted by Crippen LogP contribution is 2.21. The molecular weight excluding hydrogens is 290 g/mol. The predicted octanol–water partition coefficient (Wildman–Crippen LogP) is 0.838. The van der Waals surface area contributed by atoms with Crippen molar-refractivity contribution in [1.29, 1.82) is 5.41 Å². The average molecular weight is 307 g/mol. The Morgan fingerprint density at radius 2 is 1.90 bits per heavy atom. The maximum Gasteiger partial charge on any atom is 0.283 e. The van der Waals surface area contributed by atoms with Crippen LogP contribution in [0.5, 0.6) is 0 Å². The fourth-order valence-electron chi connectivity index (χ4n) is 1.78. The third kappa shape index (κ3) is 2.75. The van der Waals surface area contributed by atoms with Crippen LogP contribution in [0, 0.1) is 12.3 Å². The van der Waals surface area contributed by atoms with Gasteiger partial charge in [0.15, 0.2) is 5.03 Å². The van der Waals surface area contributed by atoms with Crippen molar-refractivity contribution in [1.82, 2.24) is 9.55 Å². The normalized spacial score (nSPS) is 11.4. The smallest absolute Gasteiger partial charge is 0.283 e. The summed E-state index contributed by atoms with van der Waals surface area (Å²) in [4.78, 5) is 4.05. The molecule has 112 valence electrons. The van der Waals surface area contributed by atoms with E-state index in [1.54, 1.807) is 42.8 Å². The zero-order valence-electron chi connectivity index (χ0n) is 12.0. The van der Waals surface area contributed by atoms with Gasteiger partial charge in [0.25, 0.3) is 10.0 Å². The molecule has 0 fully saturated rings. The average Bonchev–Trinajstić information content (AvgIpc) is 2.78. The van der Waals surface area contributed by atoms with E-state index in [2.05, 4.69) is 4.98 Å². The Balaban J connectivity index is 2.38. The summed E-state index contributed by atoms with van der Waals surface area (Å²) in [5.74, 6) is 0.557. The Kier molecular flexibility index (Phi) is 3.73. The van der Waals surface area contributed by atoms with Crippen LogP contribution < -0.4 is 10.0 Å². The Bertz CT molecular complexity index is 758. The molecule has 0 radical (unpaired) electrons. The molecule has 0 aliphatic carbocycles. The van der Waals surface area contributed by atoms with Crippen LogP contribution in [0.25, 0.3) is 0 Å². The summed E-state index contributed by atoms with van der Waals surface area (Å²) in [6, 6.07) is 6.41. The van der Waals surface area contributed by atoms with Crippen LogP contribution in [0.4, 0.5) is 5.69 Å². The van der Waals surface area contributed by atoms with Crippen molar-refractivity contribution < 1.29 is 8.42 Å². The second kappa shape index (κ2) is 5.21. The monoisotopic (exact) mass is 307 g/mol. The van der Waals surface area contributed by atoms with Crippen LogP contribution in [0.2, 0.25) is 0 Å². The van der Waals surface area contributed by atoms with E-state index < -0.39 is 10.0 Å². The number of hydrogen-bond acceptors (Lipinski definition) is 4. The van der Waals surface area contributed by atoms with Crippen LogP contribution in [-0.2, 0) is 17.1 Å². The molecule has 8 heteroatoms. The Morgan fingerprint density at radius 3 is 2.33 bits per heavy atom. The van der Waals surface area contributed by atoms with Crippen LogP contribution in [0.15, 0.2) is 35.5 Å². The van der Waals surface area contributed by atoms with Crippen LogP contribution in [-0.4, -0.2) is 30.9 Å². The standard InChI is InChI=1S/C13H17N5O2S/c1-9-16-12(8-17(9)2)21(19,20)18(3)11-6-4-10(5-7-11)13(14)15/h4-8H,1-3H3,(H3,14,15). The summed E-state index contributed by atoms with van der Waals surface area (Å²) in [5.41, 5.74) is 6.39. The highest BCUT2D eigenvalue weighted by atomic mass is 32.2. The van der Waals surface area contributed by atoms with E-state index >= 15 is 0 Å². The Morgan fingerprint density at radius 1 is 1.33 bits per heavy atom. The number of amidine groups is 1. The summed E-state index contributed by atoms with van der Waals surface area (Å²) in [7, 11) is -0.511. The Hall–Kier alpha value is -2.35. The quantitative estimate of drug-likeness (QED) is 0.645. The van der Waals surface area contributed by atoms with Gasteiger partial charge in [-0.15, -0.1) is 0 Å². The first-order valence-electron chi connectivity index (χ1n) is 6.17. The molecule has 1 aromatic carbocycles. The predicted molar refractivity (Wildman–Crippen MR) is 81.0 cm³/mol. The number of nitrogens with one attached hydrogen (secondary N) is 1. The largest absolute Gasteiger partial charge is 0.384 e. The van der Waals surface area contributed by atoms with Gasteiger partial charge < -0.3 is 10.3 Å². The molecule has 0 aliphatic heterocycles. The van der Waals surface area contributed by atoms with Gasteiger partial charge >= 0.3 is 0 Å². The maximum absolute atomic E-state index is 12.5. The molecule has 0 amide bonds. The van der Waals surface area contributed by atoms with Crippen LogP contribution in [0.3, 0.4) is 0 Å². The second-order valence-corrected chi connectivity index (χ2v) is 6.59. The molecule has 2 rings (SSSR count). The van der Waals surface area contributed by atoms with Crippen molar-refractivity contribution in [3.8, 4) is 0 Å². The molecule has 2 aromatic rings. The number of imidazole rings is 1. The summed E-state index contributed by atoms with van der Waals surface area (Å²) >= 11 is 0. The van der Waals surface area contributed by atoms with Gasteiger partial charge in [-0.25, -0.2) is 4.98 Å². The SMILES string of the molecule is Cc1nc(S(=O)(=O)N(C)c2ccc(C(=N)N)cc2)cn1C. The minimum Gasteiger partial charge on any atom is -0.384 e. The van der Waals surface area contributed by atoms with Gasteiger partial charge in [0, 0.05) is 25.9 Å². The van der Waals surface area contributed by atoms with Gasteiger partial charge in [-0.3, -0.25) is 9.71 Å². The van der Waals surface area contributed by atoms with Crippen molar-refractivity contribution in [3.05, 3.63) is 41.9 Å². The number of benzene rings is 1. The highest BCUT2D eigenvalue weighted by molar-refractivity contribution is 7.92. The first-order valence-corrected chi connectivity index (χ1v) is 7.61. The molecule has 0 bridgehead atoms. The van der Waals surface area contributed by atoms with E-state index in [0.717, 1.165) is 4.31 Å². The second-order valence-electron chi connectivity index (χ2n) is 4.67. The molecule has 0 spiro atoms. The minimum atomic E-state index is -3.71. The molecule has 7 nitrogen and oxygen atoms in total. The van der Waals surface area contributed by atoms with Crippen LogP contribution in [0.1, 0.15) is 11.4 Å². The minimum absolute atomic E-state index is 0.000597. The van der Waals surface area contributed by atoms with E-state index in [1.165, 1.54) is 13.2 Å². The van der Waals surface area contributed by atoms with E-state index in [-0.39, 0.29) is 10.9 Å². The fourth-order valence-corrected chi connectivity index (χ4v) is 3.00. The van der Waals surface area contributed by atoms with Crippen molar-refractivity contribution in [2.75, 3.05) is 11.4 Å². The summed E-state index contributed by atoms with van der Waals surface area (Å²) in [5, 5.41) is 7.33. The summed E-state index contributed by atoms with van der Waals surface area (Å²) < 4.78 is 27.8. The van der Waals surface area contributed by atoms with E-state index in [4.69, 9.17) is 11.1 Å². The lowest BCUT2D eigenvalue weighted by Gasteiger charge is -2.18. The number of nitrogen functional groups attached to an aromatic ring is 1. The van der Waals surface area contributed by atoms with Crippen molar-refractivity contribution in [3.63, 3.8) is 0 Å². The first-order chi connectivity index (χ1) is 9.73. The number of rotatable bonds is 4. The molecule has 3 N–H and O–H groups in total. The molecule has 0 saturated heterocycles. The van der Waals surface area contributed by atoms with Gasteiger partial charge in [-0.05, 0) is 31.2 Å². The molecular formula is C13H17N5O2S. The van der Waals surface area contributed by atoms with Crippen molar-refractivity contribution in [2.24, 2.45) is 12.8 Å². The third-order valence-electron chi connectivity index (χ3n) is 3.25. The first kappa shape index (κ1) is 15.0. The number of sulfonamides is 1. The fraction of sp³-hybridized carbons (Fsp3) is 0.231. The molecule has 21 heavy (non-hydrogen) atoms. The van der Waals surface area contributed by atoms with Gasteiger partial charge in [0.05, 0.1) is 5.69 Å². The van der Waals surface area contributed by atoms with Crippen molar-refractivity contribution >= 4 is 21.5 Å². The lowest BCUT2D eigenvalue weighted by atomic mass is 10.2. The third-order valence-corrected chi connectivity index (χ3v) is 4.91. The lowest BCUT2D eigenvalue weighted by Crippen LogP contribution is -2.27. The number of nitrogens with two attached hydrogens (primary N) is 1. The number of anilines is 1. The van der Waals surface area contributed by atoms with Gasteiger partial charge in [0.2, 0.25) is 0 Å². The molecule has 1 heterocycles. The topological polar surface area (TPSA) is 105 Å². The highest BCUT2D eigenvalue weighted by Gasteiger charge is 2.24. The maximum atomic E-state index is 12.5. The van der Waals surface area contributed by atoms with Crippen molar-refractivity contribution in [2.45, 2.75) is 11.9 Å². The number of aromatic nitrogens is 2. The van der Waals surface area contributed by atoms with Crippen LogP contribution >= 0.6 is 0 Å². The summed E-state index contributed by atoms with van der Waals surface area (Å²) in [6.45, 7) is 1.74. The van der Waals surface area contributed by atoms with Gasteiger partial charge in [0.1, 0.15) is 11.7 Å².